The second kappa shape index (κ2) is 10.7. The second-order valence-electron chi connectivity index (χ2n) is 7.46. The summed E-state index contributed by atoms with van der Waals surface area (Å²) in [6, 6.07) is 3.34. The van der Waals surface area contributed by atoms with Gasteiger partial charge in [-0.1, -0.05) is 0 Å². The summed E-state index contributed by atoms with van der Waals surface area (Å²) in [4.78, 5) is 25.7. The van der Waals surface area contributed by atoms with E-state index in [1.54, 1.807) is 12.1 Å². The Bertz CT molecular complexity index is 746. The van der Waals surface area contributed by atoms with Gasteiger partial charge in [0.05, 0.1) is 0 Å². The van der Waals surface area contributed by atoms with E-state index < -0.39 is 27.8 Å². The molecule has 9 heteroatoms. The molecule has 0 radical (unpaired) electrons. The predicted octanol–water partition coefficient (Wildman–Crippen LogP) is 2.04. The number of rotatable bonds is 8. The summed E-state index contributed by atoms with van der Waals surface area (Å²) >= 11 is 5.19. The van der Waals surface area contributed by atoms with E-state index in [0.29, 0.717) is 60.0 Å². The fourth-order valence-electron chi connectivity index (χ4n) is 3.67. The molecule has 0 saturated carbocycles. The summed E-state index contributed by atoms with van der Waals surface area (Å²) in [5.41, 5.74) is 0.495. The maximum atomic E-state index is 12.9. The minimum absolute atomic E-state index is 0.0605. The molecule has 7 nitrogen and oxygen atoms in total. The Kier molecular flexibility index (Phi) is 8.24. The van der Waals surface area contributed by atoms with Crippen LogP contribution in [0.5, 0.6) is 11.5 Å². The van der Waals surface area contributed by atoms with Crippen molar-refractivity contribution in [2.24, 2.45) is 5.92 Å². The van der Waals surface area contributed by atoms with Crippen molar-refractivity contribution in [2.45, 2.75) is 37.0 Å². The molecule has 3 unspecified atom stereocenters. The molecule has 2 N–H and O–H groups in total. The Morgan fingerprint density at radius 3 is 2.83 bits per heavy atom. The van der Waals surface area contributed by atoms with Crippen LogP contribution in [0.15, 0.2) is 12.1 Å². The molecule has 2 aliphatic rings. The van der Waals surface area contributed by atoms with E-state index in [-0.39, 0.29) is 16.9 Å². The number of fused-ring (bicyclic) bond motifs is 1. The average Bonchev–Trinajstić information content (AvgIpc) is 2.91. The molecule has 1 fully saturated rings. The first kappa shape index (κ1) is 22.4. The number of likely N-dealkylation sites (tertiary alicyclic amines) is 1. The Labute approximate surface area is 182 Å². The molecule has 2 aliphatic heterocycles. The third-order valence-electron chi connectivity index (χ3n) is 5.25. The van der Waals surface area contributed by atoms with Crippen molar-refractivity contribution in [3.63, 3.8) is 0 Å². The molecule has 160 valence electrons. The van der Waals surface area contributed by atoms with Gasteiger partial charge < -0.3 is 0 Å². The van der Waals surface area contributed by atoms with Crippen LogP contribution in [-0.2, 0) is 4.79 Å². The molecule has 0 aromatic heterocycles. The maximum absolute atomic E-state index is 12.9. The van der Waals surface area contributed by atoms with E-state index in [9.17, 15) is 14.7 Å². The number of carbonyl (C=O) groups is 2. The van der Waals surface area contributed by atoms with Crippen LogP contribution >= 0.6 is 11.6 Å². The quantitative estimate of drug-likeness (QED) is 0.542. The van der Waals surface area contributed by atoms with Crippen LogP contribution in [0.1, 0.15) is 36.0 Å². The summed E-state index contributed by atoms with van der Waals surface area (Å²) in [6.45, 7) is 3.08. The van der Waals surface area contributed by atoms with Crippen molar-refractivity contribution in [3.05, 3.63) is 22.7 Å². The van der Waals surface area contributed by atoms with Crippen LogP contribution in [0.25, 0.3) is 0 Å². The van der Waals surface area contributed by atoms with Gasteiger partial charge in [0.25, 0.3) is 0 Å². The number of nitrogens with zero attached hydrogens (tertiary/aromatic N) is 1. The van der Waals surface area contributed by atoms with Gasteiger partial charge in [-0.3, -0.25) is 0 Å². The zero-order chi connectivity index (χ0) is 20.8. The van der Waals surface area contributed by atoms with Gasteiger partial charge in [0.1, 0.15) is 0 Å². The topological polar surface area (TPSA) is 96.3 Å². The van der Waals surface area contributed by atoms with Crippen molar-refractivity contribution in [1.82, 2.24) is 4.90 Å². The second-order valence-corrected chi connectivity index (χ2v) is 10.4. The Morgan fingerprint density at radius 2 is 2.07 bits per heavy atom. The van der Waals surface area contributed by atoms with Gasteiger partial charge in [-0.15, -0.1) is 0 Å². The summed E-state index contributed by atoms with van der Waals surface area (Å²) in [5.74, 6) is 0.330. The van der Waals surface area contributed by atoms with Crippen LogP contribution in [-0.4, -0.2) is 80.4 Å². The van der Waals surface area contributed by atoms with Gasteiger partial charge in [-0.25, -0.2) is 0 Å². The van der Waals surface area contributed by atoms with Gasteiger partial charge >= 0.3 is 182 Å². The van der Waals surface area contributed by atoms with Gasteiger partial charge in [-0.2, -0.15) is 0 Å². The van der Waals surface area contributed by atoms with Crippen molar-refractivity contribution in [2.75, 3.05) is 32.8 Å². The first-order chi connectivity index (χ1) is 13.9. The Balaban J connectivity index is 1.54. The molecule has 0 amide bonds. The number of carbonyl (C=O) groups excluding carboxylic acids is 1. The Hall–Kier alpha value is -1.27. The molecule has 29 heavy (non-hydrogen) atoms. The molecule has 0 aliphatic carbocycles. The van der Waals surface area contributed by atoms with Crippen LogP contribution < -0.4 is 9.47 Å². The summed E-state index contributed by atoms with van der Waals surface area (Å²) in [6.07, 6.45) is 1.82. The van der Waals surface area contributed by atoms with Crippen LogP contribution in [0.2, 0.25) is 10.2 Å². The van der Waals surface area contributed by atoms with E-state index in [4.69, 9.17) is 26.2 Å². The normalized spacial score (nSPS) is 22.6. The van der Waals surface area contributed by atoms with Crippen molar-refractivity contribution in [3.8, 4) is 11.5 Å². The van der Waals surface area contributed by atoms with Crippen molar-refractivity contribution >= 4 is 37.9 Å². The van der Waals surface area contributed by atoms with Crippen LogP contribution in [0.3, 0.4) is 0 Å². The fraction of sp³-hybridized carbons (Fsp3) is 0.600. The number of halogens is 1. The molecule has 2 heterocycles. The summed E-state index contributed by atoms with van der Waals surface area (Å²) < 4.78 is 11.5. The number of β-amino-alcohol motifs (C(OH)–C–C–N with tert-alkyl or cyclic N) is 1. The number of hydrogen-bond acceptors (Lipinski definition) is 6. The van der Waals surface area contributed by atoms with E-state index in [1.807, 2.05) is 0 Å². The number of benzene rings is 1. The van der Waals surface area contributed by atoms with Gasteiger partial charge in [0.2, 0.25) is 0 Å². The van der Waals surface area contributed by atoms with Gasteiger partial charge in [0.15, 0.2) is 0 Å². The number of carboxylic acid groups (broad SMARTS) is 1. The number of aliphatic hydroxyl groups is 1. The summed E-state index contributed by atoms with van der Waals surface area (Å²) in [7, 11) is 0. The van der Waals surface area contributed by atoms with E-state index >= 15 is 0 Å². The van der Waals surface area contributed by atoms with Crippen molar-refractivity contribution < 1.29 is 29.3 Å². The molecule has 3 rings (SSSR count). The van der Waals surface area contributed by atoms with E-state index in [0.717, 1.165) is 19.4 Å². The third-order valence-corrected chi connectivity index (χ3v) is 8.24. The van der Waals surface area contributed by atoms with E-state index in [2.05, 4.69) is 4.90 Å². The molecule has 1 aromatic rings. The molecular weight excluding hydrogens is 461 g/mol. The predicted molar refractivity (Wildman–Crippen MR) is 111 cm³/mol. The molecule has 1 saturated heterocycles. The molecule has 3 atom stereocenters. The number of ether oxygens (including phenoxy) is 2. The molecule has 1 aromatic carbocycles. The monoisotopic (exact) mass is 487 g/mol. The minimum atomic E-state index is -0.987. The molecular formula is C20H27AsClNO6. The first-order valence-electron chi connectivity index (χ1n) is 9.93. The zero-order valence-corrected chi connectivity index (χ0v) is 19.1. The van der Waals surface area contributed by atoms with Crippen LogP contribution in [0, 0.1) is 5.92 Å². The number of aliphatic hydroxyl groups excluding tert-OH is 1. The van der Waals surface area contributed by atoms with E-state index in [1.165, 1.54) is 0 Å². The summed E-state index contributed by atoms with van der Waals surface area (Å²) in [5, 5.41) is 20.4. The molecule has 0 bridgehead atoms. The number of aliphatic carboxylic acids is 1. The number of piperidine rings is 1. The SMILES string of the molecule is O=C(O)CCCN1CCC(C[AsH]C(=O)c2cc(Cl)cc3c2OCCCO3)C(O)C1. The first-order valence-corrected chi connectivity index (χ1v) is 12.8. The average molecular weight is 488 g/mol. The third kappa shape index (κ3) is 6.35. The van der Waals surface area contributed by atoms with Gasteiger partial charge in [0, 0.05) is 0 Å². The van der Waals surface area contributed by atoms with Crippen molar-refractivity contribution in [1.29, 1.82) is 0 Å². The number of carboxylic acids is 1. The Morgan fingerprint density at radius 1 is 1.28 bits per heavy atom. The number of hydrogen-bond donors (Lipinski definition) is 2. The zero-order valence-electron chi connectivity index (χ0n) is 16.2. The van der Waals surface area contributed by atoms with Gasteiger partial charge in [-0.05, 0) is 0 Å². The standard InChI is InChI=1S/C20H27AsClNO6/c22-14-9-15(19-17(10-14)28-7-2-8-29-19)20(27)21-11-13-4-6-23(12-16(13)24)5-1-3-18(25)26/h9-10,13,16,21,24H,1-8,11-12H2,(H,25,26). The van der Waals surface area contributed by atoms with Crippen LogP contribution in [0.4, 0.5) is 0 Å². The molecule has 0 spiro atoms. The fourth-order valence-corrected chi connectivity index (χ4v) is 6.60.